The number of allylic oxidation sites excluding steroid dienone is 5. The highest BCUT2D eigenvalue weighted by atomic mass is 35.5. The Kier molecular flexibility index (Phi) is 4.32. The van der Waals surface area contributed by atoms with Gasteiger partial charge in [0.2, 0.25) is 0 Å². The van der Waals surface area contributed by atoms with Crippen LogP contribution in [0.5, 0.6) is 0 Å². The first-order valence-corrected chi connectivity index (χ1v) is 5.14. The van der Waals surface area contributed by atoms with Gasteiger partial charge in [-0.05, 0) is 25.5 Å². The fourth-order valence-electron chi connectivity index (χ4n) is 1.36. The monoisotopic (exact) mass is 219 g/mol. The summed E-state index contributed by atoms with van der Waals surface area (Å²) in [5.41, 5.74) is 3.05. The third kappa shape index (κ3) is 3.07. The Hall–Kier alpha value is -1.34. The van der Waals surface area contributed by atoms with Crippen LogP contribution in [0, 0.1) is 6.92 Å². The van der Waals surface area contributed by atoms with Crippen molar-refractivity contribution >= 4 is 17.2 Å². The topological polar surface area (TPSA) is 12.9 Å². The van der Waals surface area contributed by atoms with E-state index >= 15 is 0 Å². The molecule has 1 aromatic heterocycles. The smallest absolute Gasteiger partial charge is 0.0732 e. The van der Waals surface area contributed by atoms with Crippen LogP contribution in [0.1, 0.15) is 18.2 Å². The molecule has 0 saturated heterocycles. The van der Waals surface area contributed by atoms with Gasteiger partial charge in [0.1, 0.15) is 0 Å². The molecule has 0 saturated carbocycles. The SMILES string of the molecule is C=C/C=C(\C=C/C)c1ncc(Cl)cc1C. The fourth-order valence-corrected chi connectivity index (χ4v) is 1.58. The van der Waals surface area contributed by atoms with Crippen LogP contribution in [-0.2, 0) is 0 Å². The Labute approximate surface area is 95.8 Å². The number of aromatic nitrogens is 1. The average molecular weight is 220 g/mol. The summed E-state index contributed by atoms with van der Waals surface area (Å²) in [6, 6.07) is 1.91. The Bertz CT molecular complexity index is 417. The number of halogens is 1. The molecule has 78 valence electrons. The summed E-state index contributed by atoms with van der Waals surface area (Å²) >= 11 is 5.86. The van der Waals surface area contributed by atoms with Crippen LogP contribution in [0.4, 0.5) is 0 Å². The van der Waals surface area contributed by atoms with E-state index in [0.717, 1.165) is 16.8 Å². The molecule has 0 spiro atoms. The zero-order valence-electron chi connectivity index (χ0n) is 9.00. The maximum Gasteiger partial charge on any atom is 0.0732 e. The summed E-state index contributed by atoms with van der Waals surface area (Å²) in [5, 5.41) is 0.662. The lowest BCUT2D eigenvalue weighted by Gasteiger charge is -2.05. The maximum atomic E-state index is 5.86. The van der Waals surface area contributed by atoms with E-state index < -0.39 is 0 Å². The maximum absolute atomic E-state index is 5.86. The Morgan fingerprint density at radius 1 is 1.53 bits per heavy atom. The van der Waals surface area contributed by atoms with Crippen molar-refractivity contribution in [2.45, 2.75) is 13.8 Å². The lowest BCUT2D eigenvalue weighted by Crippen LogP contribution is -1.91. The number of aryl methyl sites for hydroxylation is 1. The Morgan fingerprint density at radius 2 is 2.27 bits per heavy atom. The van der Waals surface area contributed by atoms with Crippen LogP contribution >= 0.6 is 11.6 Å². The molecule has 0 unspecified atom stereocenters. The molecule has 0 N–H and O–H groups in total. The van der Waals surface area contributed by atoms with Gasteiger partial charge >= 0.3 is 0 Å². The van der Waals surface area contributed by atoms with Crippen molar-refractivity contribution < 1.29 is 0 Å². The van der Waals surface area contributed by atoms with E-state index in [0.29, 0.717) is 5.02 Å². The van der Waals surface area contributed by atoms with E-state index in [1.54, 1.807) is 12.3 Å². The molecule has 1 nitrogen and oxygen atoms in total. The van der Waals surface area contributed by atoms with Crippen LogP contribution in [0.25, 0.3) is 5.57 Å². The average Bonchev–Trinajstić information content (AvgIpc) is 2.17. The van der Waals surface area contributed by atoms with E-state index in [9.17, 15) is 0 Å². The highest BCUT2D eigenvalue weighted by molar-refractivity contribution is 6.30. The number of nitrogens with zero attached hydrogens (tertiary/aromatic N) is 1. The van der Waals surface area contributed by atoms with Crippen molar-refractivity contribution in [2.24, 2.45) is 0 Å². The van der Waals surface area contributed by atoms with Gasteiger partial charge in [0.25, 0.3) is 0 Å². The van der Waals surface area contributed by atoms with Gasteiger partial charge in [0.15, 0.2) is 0 Å². The van der Waals surface area contributed by atoms with Crippen molar-refractivity contribution in [3.63, 3.8) is 0 Å². The molecular weight excluding hydrogens is 206 g/mol. The number of hydrogen-bond donors (Lipinski definition) is 0. The Morgan fingerprint density at radius 3 is 2.80 bits per heavy atom. The van der Waals surface area contributed by atoms with Gasteiger partial charge in [-0.2, -0.15) is 0 Å². The van der Waals surface area contributed by atoms with Crippen LogP contribution in [0.15, 0.2) is 43.1 Å². The van der Waals surface area contributed by atoms with E-state index in [2.05, 4.69) is 11.6 Å². The summed E-state index contributed by atoms with van der Waals surface area (Å²) in [5.74, 6) is 0. The van der Waals surface area contributed by atoms with Gasteiger partial charge < -0.3 is 0 Å². The quantitative estimate of drug-likeness (QED) is 0.695. The van der Waals surface area contributed by atoms with Crippen molar-refractivity contribution in [3.05, 3.63) is 59.4 Å². The van der Waals surface area contributed by atoms with Crippen LogP contribution in [0.2, 0.25) is 5.02 Å². The Balaban J connectivity index is 3.23. The molecule has 0 aliphatic heterocycles. The van der Waals surface area contributed by atoms with Gasteiger partial charge in [0.05, 0.1) is 10.7 Å². The largest absolute Gasteiger partial charge is 0.254 e. The molecular formula is C13H14ClN. The summed E-state index contributed by atoms with van der Waals surface area (Å²) in [4.78, 5) is 4.32. The lowest BCUT2D eigenvalue weighted by molar-refractivity contribution is 1.22. The molecule has 0 amide bonds. The summed E-state index contributed by atoms with van der Waals surface area (Å²) in [6.45, 7) is 7.66. The number of pyridine rings is 1. The molecule has 1 rings (SSSR count). The molecule has 2 heteroatoms. The zero-order valence-corrected chi connectivity index (χ0v) is 9.75. The fraction of sp³-hybridized carbons (Fsp3) is 0.154. The van der Waals surface area contributed by atoms with E-state index in [-0.39, 0.29) is 0 Å². The summed E-state index contributed by atoms with van der Waals surface area (Å²) in [7, 11) is 0. The van der Waals surface area contributed by atoms with E-state index in [4.69, 9.17) is 11.6 Å². The zero-order chi connectivity index (χ0) is 11.3. The highest BCUT2D eigenvalue weighted by Crippen LogP contribution is 2.20. The normalized spacial score (nSPS) is 12.1. The summed E-state index contributed by atoms with van der Waals surface area (Å²) < 4.78 is 0. The second-order valence-electron chi connectivity index (χ2n) is 3.18. The standard InChI is InChI=1S/C13H14ClN/c1-4-6-11(7-5-2)13-10(3)8-12(14)9-15-13/h4-9H,1H2,2-3H3/b7-5-,11-6+. The molecule has 1 heterocycles. The molecule has 0 atom stereocenters. The number of hydrogen-bond acceptors (Lipinski definition) is 1. The molecule has 1 aromatic rings. The predicted octanol–water partition coefficient (Wildman–Crippen LogP) is 4.19. The molecule has 0 bridgehead atoms. The van der Waals surface area contributed by atoms with Gasteiger partial charge in [-0.15, -0.1) is 0 Å². The van der Waals surface area contributed by atoms with Gasteiger partial charge in [0, 0.05) is 11.8 Å². The van der Waals surface area contributed by atoms with E-state index in [1.807, 2.05) is 38.1 Å². The van der Waals surface area contributed by atoms with Crippen molar-refractivity contribution in [3.8, 4) is 0 Å². The van der Waals surface area contributed by atoms with Gasteiger partial charge in [-0.3, -0.25) is 4.98 Å². The molecule has 15 heavy (non-hydrogen) atoms. The van der Waals surface area contributed by atoms with Crippen molar-refractivity contribution in [1.82, 2.24) is 4.98 Å². The molecule has 0 aromatic carbocycles. The third-order valence-electron chi connectivity index (χ3n) is 1.96. The molecule has 0 aliphatic rings. The van der Waals surface area contributed by atoms with Crippen LogP contribution in [0.3, 0.4) is 0 Å². The van der Waals surface area contributed by atoms with Gasteiger partial charge in [-0.25, -0.2) is 0 Å². The minimum Gasteiger partial charge on any atom is -0.254 e. The lowest BCUT2D eigenvalue weighted by atomic mass is 10.1. The predicted molar refractivity (Wildman–Crippen MR) is 67.0 cm³/mol. The second-order valence-corrected chi connectivity index (χ2v) is 3.61. The van der Waals surface area contributed by atoms with E-state index in [1.165, 1.54) is 0 Å². The van der Waals surface area contributed by atoms with Crippen LogP contribution in [-0.4, -0.2) is 4.98 Å². The van der Waals surface area contributed by atoms with Crippen molar-refractivity contribution in [2.75, 3.05) is 0 Å². The number of rotatable bonds is 3. The first-order valence-electron chi connectivity index (χ1n) is 4.77. The third-order valence-corrected chi connectivity index (χ3v) is 2.17. The molecule has 0 fully saturated rings. The summed E-state index contributed by atoms with van der Waals surface area (Å²) in [6.07, 6.45) is 9.33. The highest BCUT2D eigenvalue weighted by Gasteiger charge is 2.03. The van der Waals surface area contributed by atoms with Gasteiger partial charge in [-0.1, -0.05) is 42.5 Å². The van der Waals surface area contributed by atoms with Crippen molar-refractivity contribution in [1.29, 1.82) is 0 Å². The minimum absolute atomic E-state index is 0.662. The first kappa shape index (κ1) is 11.7. The molecule has 0 aliphatic carbocycles. The molecule has 0 radical (unpaired) electrons. The first-order chi connectivity index (χ1) is 7.19. The van der Waals surface area contributed by atoms with Crippen LogP contribution < -0.4 is 0 Å². The second kappa shape index (κ2) is 5.52. The minimum atomic E-state index is 0.662.